The maximum atomic E-state index is 12.4. The van der Waals surface area contributed by atoms with Crippen molar-refractivity contribution in [1.82, 2.24) is 24.9 Å². The molecule has 0 saturated heterocycles. The fraction of sp³-hybridized carbons (Fsp3) is 0.125. The number of halogens is 3. The topological polar surface area (TPSA) is 104 Å². The van der Waals surface area contributed by atoms with Crippen molar-refractivity contribution < 1.29 is 13.2 Å². The van der Waals surface area contributed by atoms with Gasteiger partial charge in [0.05, 0.1) is 12.4 Å². The lowest BCUT2D eigenvalue weighted by Gasteiger charge is -2.05. The number of aromatic amines is 2. The van der Waals surface area contributed by atoms with Crippen LogP contribution in [0.1, 0.15) is 5.69 Å². The van der Waals surface area contributed by atoms with E-state index in [4.69, 9.17) is 0 Å². The lowest BCUT2D eigenvalue weighted by atomic mass is 10.3. The van der Waals surface area contributed by atoms with Crippen molar-refractivity contribution in [2.24, 2.45) is 0 Å². The monoisotopic (exact) mass is 259 g/mol. The summed E-state index contributed by atoms with van der Waals surface area (Å²) in [6.07, 6.45) is -3.20. The Morgan fingerprint density at radius 3 is 2.39 bits per heavy atom. The van der Waals surface area contributed by atoms with E-state index in [9.17, 15) is 22.8 Å². The normalized spacial score (nSPS) is 11.5. The number of nitrogens with one attached hydrogen (secondary N) is 2. The molecule has 2 aromatic rings. The summed E-state index contributed by atoms with van der Waals surface area (Å²) in [6.45, 7) is 0. The van der Waals surface area contributed by atoms with Crippen LogP contribution in [0.2, 0.25) is 0 Å². The van der Waals surface area contributed by atoms with Crippen LogP contribution in [-0.4, -0.2) is 24.9 Å². The largest absolute Gasteiger partial charge is 0.434 e. The Labute approximate surface area is 95.8 Å². The van der Waals surface area contributed by atoms with Gasteiger partial charge in [-0.3, -0.25) is 15.0 Å². The highest BCUT2D eigenvalue weighted by Crippen LogP contribution is 2.27. The Bertz CT molecular complexity index is 662. The number of aromatic nitrogens is 5. The number of nitrogens with zero attached hydrogens (tertiary/aromatic N) is 3. The molecule has 0 radical (unpaired) electrons. The second kappa shape index (κ2) is 4.05. The van der Waals surface area contributed by atoms with Gasteiger partial charge in [-0.2, -0.15) is 18.2 Å². The van der Waals surface area contributed by atoms with Gasteiger partial charge >= 0.3 is 17.6 Å². The molecule has 0 fully saturated rings. The molecule has 0 aliphatic carbocycles. The minimum absolute atomic E-state index is 0.354. The molecule has 10 heteroatoms. The molecule has 2 rings (SSSR count). The maximum absolute atomic E-state index is 12.4. The second-order valence-corrected chi connectivity index (χ2v) is 3.13. The zero-order chi connectivity index (χ0) is 13.3. The Kier molecular flexibility index (Phi) is 2.69. The number of alkyl halides is 3. The molecular formula is C8H4F3N5O2. The summed E-state index contributed by atoms with van der Waals surface area (Å²) in [5.74, 6) is -0.387. The van der Waals surface area contributed by atoms with Crippen molar-refractivity contribution in [3.63, 3.8) is 0 Å². The molecule has 0 bridgehead atoms. The van der Waals surface area contributed by atoms with Crippen LogP contribution in [0.25, 0.3) is 11.5 Å². The van der Waals surface area contributed by atoms with E-state index < -0.39 is 23.2 Å². The first-order valence-corrected chi connectivity index (χ1v) is 4.46. The highest BCUT2D eigenvalue weighted by atomic mass is 19.4. The summed E-state index contributed by atoms with van der Waals surface area (Å²) in [5.41, 5.74) is -3.49. The fourth-order valence-electron chi connectivity index (χ4n) is 1.13. The SMILES string of the molecule is O=c1nc(-c2cncc(C(F)(F)F)n2)[nH]c(=O)[nH]1. The summed E-state index contributed by atoms with van der Waals surface area (Å²) >= 11 is 0. The minimum atomic E-state index is -4.68. The van der Waals surface area contributed by atoms with Gasteiger partial charge in [-0.25, -0.2) is 14.6 Å². The highest BCUT2D eigenvalue weighted by molar-refractivity contribution is 5.46. The quantitative estimate of drug-likeness (QED) is 0.746. The maximum Gasteiger partial charge on any atom is 0.434 e. The lowest BCUT2D eigenvalue weighted by molar-refractivity contribution is -0.141. The molecule has 94 valence electrons. The molecule has 18 heavy (non-hydrogen) atoms. The lowest BCUT2D eigenvalue weighted by Crippen LogP contribution is -2.25. The molecule has 0 amide bonds. The van der Waals surface area contributed by atoms with E-state index in [1.54, 1.807) is 4.98 Å². The standard InChI is InChI=1S/C8H4F3N5O2/c9-8(10,11)4-2-12-1-3(13-4)5-14-6(17)16-7(18)15-5/h1-2H,(H2,14,15,16,17,18). The molecule has 0 aliphatic rings. The smallest absolute Gasteiger partial charge is 0.290 e. The van der Waals surface area contributed by atoms with Crippen molar-refractivity contribution in [1.29, 1.82) is 0 Å². The van der Waals surface area contributed by atoms with Gasteiger partial charge in [0.15, 0.2) is 11.5 Å². The second-order valence-electron chi connectivity index (χ2n) is 3.13. The first-order chi connectivity index (χ1) is 8.36. The summed E-state index contributed by atoms with van der Waals surface area (Å²) in [6, 6.07) is 0. The first-order valence-electron chi connectivity index (χ1n) is 4.46. The third-order valence-electron chi connectivity index (χ3n) is 1.83. The Hall–Kier alpha value is -2.52. The summed E-state index contributed by atoms with van der Waals surface area (Å²) in [7, 11) is 0. The van der Waals surface area contributed by atoms with Crippen LogP contribution in [0.4, 0.5) is 13.2 Å². The number of H-pyrrole nitrogens is 2. The van der Waals surface area contributed by atoms with E-state index in [-0.39, 0.29) is 11.5 Å². The number of hydrogen-bond acceptors (Lipinski definition) is 5. The zero-order valence-corrected chi connectivity index (χ0v) is 8.45. The van der Waals surface area contributed by atoms with Gasteiger partial charge in [0.25, 0.3) is 0 Å². The van der Waals surface area contributed by atoms with Crippen LogP contribution in [-0.2, 0) is 6.18 Å². The van der Waals surface area contributed by atoms with E-state index in [0.29, 0.717) is 6.20 Å². The van der Waals surface area contributed by atoms with Crippen molar-refractivity contribution in [3.8, 4) is 11.5 Å². The average Bonchev–Trinajstić information content (AvgIpc) is 2.27. The van der Waals surface area contributed by atoms with Crippen LogP contribution in [0.5, 0.6) is 0 Å². The zero-order valence-electron chi connectivity index (χ0n) is 8.45. The fourth-order valence-corrected chi connectivity index (χ4v) is 1.13. The molecule has 0 aliphatic heterocycles. The van der Waals surface area contributed by atoms with Crippen molar-refractivity contribution >= 4 is 0 Å². The van der Waals surface area contributed by atoms with Gasteiger partial charge in [0, 0.05) is 0 Å². The van der Waals surface area contributed by atoms with E-state index in [1.807, 2.05) is 0 Å². The summed E-state index contributed by atoms with van der Waals surface area (Å²) in [4.78, 5) is 35.5. The van der Waals surface area contributed by atoms with E-state index in [1.165, 1.54) is 0 Å². The van der Waals surface area contributed by atoms with Gasteiger partial charge in [-0.15, -0.1) is 0 Å². The van der Waals surface area contributed by atoms with Crippen molar-refractivity contribution in [3.05, 3.63) is 39.1 Å². The molecule has 2 heterocycles. The van der Waals surface area contributed by atoms with Crippen molar-refractivity contribution in [2.75, 3.05) is 0 Å². The molecule has 0 atom stereocenters. The Morgan fingerprint density at radius 1 is 1.06 bits per heavy atom. The van der Waals surface area contributed by atoms with Crippen LogP contribution in [0.15, 0.2) is 22.0 Å². The third kappa shape index (κ3) is 2.42. The summed E-state index contributed by atoms with van der Waals surface area (Å²) in [5, 5.41) is 0. The molecule has 0 unspecified atom stereocenters. The van der Waals surface area contributed by atoms with Gasteiger partial charge < -0.3 is 0 Å². The predicted molar refractivity (Wildman–Crippen MR) is 51.5 cm³/mol. The predicted octanol–water partition coefficient (Wildman–Crippen LogP) is -0.0660. The van der Waals surface area contributed by atoms with Gasteiger partial charge in [-0.05, 0) is 0 Å². The van der Waals surface area contributed by atoms with E-state index >= 15 is 0 Å². The summed E-state index contributed by atoms with van der Waals surface area (Å²) < 4.78 is 37.1. The number of hydrogen-bond donors (Lipinski definition) is 2. The molecule has 2 aromatic heterocycles. The minimum Gasteiger partial charge on any atom is -0.290 e. The first kappa shape index (κ1) is 12.0. The van der Waals surface area contributed by atoms with Gasteiger partial charge in [0.2, 0.25) is 0 Å². The Morgan fingerprint density at radius 2 is 1.78 bits per heavy atom. The third-order valence-corrected chi connectivity index (χ3v) is 1.83. The molecule has 0 aromatic carbocycles. The van der Waals surface area contributed by atoms with Crippen LogP contribution in [0.3, 0.4) is 0 Å². The Balaban J connectivity index is 2.58. The molecule has 0 saturated carbocycles. The molecule has 2 N–H and O–H groups in total. The van der Waals surface area contributed by atoms with E-state index in [2.05, 4.69) is 19.9 Å². The van der Waals surface area contributed by atoms with Gasteiger partial charge in [-0.1, -0.05) is 0 Å². The van der Waals surface area contributed by atoms with Crippen LogP contribution in [0, 0.1) is 0 Å². The highest BCUT2D eigenvalue weighted by Gasteiger charge is 2.33. The molecular weight excluding hydrogens is 255 g/mol. The van der Waals surface area contributed by atoms with Gasteiger partial charge in [0.1, 0.15) is 5.69 Å². The molecule has 0 spiro atoms. The number of rotatable bonds is 1. The van der Waals surface area contributed by atoms with Crippen molar-refractivity contribution in [2.45, 2.75) is 6.18 Å². The average molecular weight is 259 g/mol. The molecule has 7 nitrogen and oxygen atoms in total. The van der Waals surface area contributed by atoms with Crippen LogP contribution < -0.4 is 11.4 Å². The van der Waals surface area contributed by atoms with E-state index in [0.717, 1.165) is 6.20 Å². The van der Waals surface area contributed by atoms with Crippen LogP contribution >= 0.6 is 0 Å².